The molecule has 0 saturated carbocycles. The first-order valence-corrected chi connectivity index (χ1v) is 11.9. The molecule has 1 aliphatic heterocycles. The Balaban J connectivity index is 1.33. The third kappa shape index (κ3) is 5.18. The van der Waals surface area contributed by atoms with Gasteiger partial charge in [-0.05, 0) is 73.5 Å². The second-order valence-electron chi connectivity index (χ2n) is 8.81. The van der Waals surface area contributed by atoms with Gasteiger partial charge in [-0.15, -0.1) is 0 Å². The number of rotatable bonds is 7. The van der Waals surface area contributed by atoms with E-state index in [9.17, 15) is 0 Å². The standard InChI is InChI=1S/C29H31N3O/c1-33-25-15-13-24(14-16-25)28-19-29(26-7-3-4-8-27(26)31-28)30-20-22-9-11-23(12-10-22)21-32-17-5-2-6-18-32/h3-4,7-16,19H,2,5-6,17-18,20-21H2,1H3,(H,30,31). The molecule has 33 heavy (non-hydrogen) atoms. The topological polar surface area (TPSA) is 37.4 Å². The van der Waals surface area contributed by atoms with Gasteiger partial charge in [0.15, 0.2) is 0 Å². The maximum Gasteiger partial charge on any atom is 0.118 e. The van der Waals surface area contributed by atoms with E-state index >= 15 is 0 Å². The van der Waals surface area contributed by atoms with Gasteiger partial charge >= 0.3 is 0 Å². The molecule has 4 nitrogen and oxygen atoms in total. The molecular formula is C29H31N3O. The lowest BCUT2D eigenvalue weighted by Crippen LogP contribution is -2.29. The van der Waals surface area contributed by atoms with Crippen molar-refractivity contribution < 1.29 is 4.74 Å². The maximum atomic E-state index is 5.30. The van der Waals surface area contributed by atoms with E-state index in [-0.39, 0.29) is 0 Å². The number of hydrogen-bond donors (Lipinski definition) is 1. The number of piperidine rings is 1. The van der Waals surface area contributed by atoms with Crippen molar-refractivity contribution in [1.82, 2.24) is 9.88 Å². The Hall–Kier alpha value is -3.37. The molecule has 168 valence electrons. The molecule has 4 aromatic rings. The van der Waals surface area contributed by atoms with Crippen molar-refractivity contribution in [1.29, 1.82) is 0 Å². The van der Waals surface area contributed by atoms with Crippen molar-refractivity contribution in [3.05, 3.63) is 90.0 Å². The third-order valence-electron chi connectivity index (χ3n) is 6.46. The van der Waals surface area contributed by atoms with Crippen LogP contribution < -0.4 is 10.1 Å². The SMILES string of the molecule is COc1ccc(-c2cc(NCc3ccc(CN4CCCCC4)cc3)c3ccccc3n2)cc1. The van der Waals surface area contributed by atoms with Crippen LogP contribution in [0.1, 0.15) is 30.4 Å². The Morgan fingerprint density at radius 3 is 2.33 bits per heavy atom. The zero-order chi connectivity index (χ0) is 22.5. The van der Waals surface area contributed by atoms with E-state index in [2.05, 4.69) is 70.9 Å². The van der Waals surface area contributed by atoms with Gasteiger partial charge in [-0.25, -0.2) is 4.98 Å². The summed E-state index contributed by atoms with van der Waals surface area (Å²) in [5, 5.41) is 4.80. The molecule has 3 aromatic carbocycles. The number of anilines is 1. The van der Waals surface area contributed by atoms with Crippen molar-refractivity contribution in [2.45, 2.75) is 32.4 Å². The highest BCUT2D eigenvalue weighted by molar-refractivity contribution is 5.93. The molecule has 4 heteroatoms. The van der Waals surface area contributed by atoms with Crippen LogP contribution in [0.3, 0.4) is 0 Å². The second kappa shape index (κ2) is 10.1. The van der Waals surface area contributed by atoms with Crippen molar-refractivity contribution in [2.75, 3.05) is 25.5 Å². The number of hydrogen-bond acceptors (Lipinski definition) is 4. The summed E-state index contributed by atoms with van der Waals surface area (Å²) < 4.78 is 5.30. The molecule has 0 aliphatic carbocycles. The zero-order valence-electron chi connectivity index (χ0n) is 19.3. The van der Waals surface area contributed by atoms with Crippen LogP contribution in [0.25, 0.3) is 22.2 Å². The number of fused-ring (bicyclic) bond motifs is 1. The van der Waals surface area contributed by atoms with Gasteiger partial charge in [0.2, 0.25) is 0 Å². The fourth-order valence-corrected chi connectivity index (χ4v) is 4.57. The first-order valence-electron chi connectivity index (χ1n) is 11.9. The van der Waals surface area contributed by atoms with Gasteiger partial charge in [-0.1, -0.05) is 48.9 Å². The third-order valence-corrected chi connectivity index (χ3v) is 6.46. The smallest absolute Gasteiger partial charge is 0.118 e. The normalized spacial score (nSPS) is 14.3. The predicted molar refractivity (Wildman–Crippen MR) is 137 cm³/mol. The Morgan fingerprint density at radius 2 is 1.58 bits per heavy atom. The van der Waals surface area contributed by atoms with E-state index in [1.54, 1.807) is 7.11 Å². The Bertz CT molecular complexity index is 1200. The van der Waals surface area contributed by atoms with Crippen LogP contribution in [0.5, 0.6) is 5.75 Å². The summed E-state index contributed by atoms with van der Waals surface area (Å²) in [4.78, 5) is 7.47. The molecule has 0 amide bonds. The molecule has 1 saturated heterocycles. The Labute approximate surface area is 196 Å². The number of benzene rings is 3. The van der Waals surface area contributed by atoms with E-state index in [1.807, 2.05) is 18.2 Å². The van der Waals surface area contributed by atoms with Gasteiger partial charge in [0, 0.05) is 29.7 Å². The van der Waals surface area contributed by atoms with Gasteiger partial charge in [-0.2, -0.15) is 0 Å². The highest BCUT2D eigenvalue weighted by Gasteiger charge is 2.11. The fraction of sp³-hybridized carbons (Fsp3) is 0.276. The van der Waals surface area contributed by atoms with Crippen molar-refractivity contribution in [3.8, 4) is 17.0 Å². The first kappa shape index (κ1) is 21.5. The van der Waals surface area contributed by atoms with Crippen LogP contribution in [-0.2, 0) is 13.1 Å². The molecule has 0 radical (unpaired) electrons. The minimum absolute atomic E-state index is 0.778. The maximum absolute atomic E-state index is 5.30. The fourth-order valence-electron chi connectivity index (χ4n) is 4.57. The van der Waals surface area contributed by atoms with E-state index < -0.39 is 0 Å². The van der Waals surface area contributed by atoms with Crippen molar-refractivity contribution >= 4 is 16.6 Å². The number of pyridine rings is 1. The van der Waals surface area contributed by atoms with Crippen molar-refractivity contribution in [2.24, 2.45) is 0 Å². The van der Waals surface area contributed by atoms with Gasteiger partial charge in [0.1, 0.15) is 5.75 Å². The molecule has 2 heterocycles. The van der Waals surface area contributed by atoms with E-state index in [0.717, 1.165) is 46.7 Å². The lowest BCUT2D eigenvalue weighted by Gasteiger charge is -2.26. The lowest BCUT2D eigenvalue weighted by molar-refractivity contribution is 0.221. The molecule has 0 unspecified atom stereocenters. The molecule has 0 spiro atoms. The molecule has 1 N–H and O–H groups in total. The van der Waals surface area contributed by atoms with E-state index in [4.69, 9.17) is 9.72 Å². The average Bonchev–Trinajstić information content (AvgIpc) is 2.88. The van der Waals surface area contributed by atoms with Crippen LogP contribution in [-0.4, -0.2) is 30.1 Å². The summed E-state index contributed by atoms with van der Waals surface area (Å²) in [6.07, 6.45) is 4.05. The minimum atomic E-state index is 0.778. The average molecular weight is 438 g/mol. The monoisotopic (exact) mass is 437 g/mol. The summed E-state index contributed by atoms with van der Waals surface area (Å²) in [5.74, 6) is 0.849. The van der Waals surface area contributed by atoms with Crippen LogP contribution in [0.15, 0.2) is 78.9 Å². The van der Waals surface area contributed by atoms with Gasteiger partial charge < -0.3 is 10.1 Å². The molecule has 1 aliphatic rings. The molecule has 1 fully saturated rings. The number of nitrogens with zero attached hydrogens (tertiary/aromatic N) is 2. The summed E-state index contributed by atoms with van der Waals surface area (Å²) >= 11 is 0. The number of aromatic nitrogens is 1. The summed E-state index contributed by atoms with van der Waals surface area (Å²) in [7, 11) is 1.69. The van der Waals surface area contributed by atoms with Crippen LogP contribution in [0.4, 0.5) is 5.69 Å². The predicted octanol–water partition coefficient (Wildman–Crippen LogP) is 6.51. The largest absolute Gasteiger partial charge is 0.497 e. The highest BCUT2D eigenvalue weighted by Crippen LogP contribution is 2.29. The number of likely N-dealkylation sites (tertiary alicyclic amines) is 1. The Kier molecular flexibility index (Phi) is 6.54. The number of para-hydroxylation sites is 1. The van der Waals surface area contributed by atoms with Gasteiger partial charge in [0.25, 0.3) is 0 Å². The zero-order valence-corrected chi connectivity index (χ0v) is 19.3. The van der Waals surface area contributed by atoms with Crippen LogP contribution >= 0.6 is 0 Å². The van der Waals surface area contributed by atoms with E-state index in [1.165, 1.54) is 43.5 Å². The van der Waals surface area contributed by atoms with E-state index in [0.29, 0.717) is 0 Å². The molecule has 1 aromatic heterocycles. The van der Waals surface area contributed by atoms with Gasteiger partial charge in [0.05, 0.1) is 18.3 Å². The summed E-state index contributed by atoms with van der Waals surface area (Å²) in [6, 6.07) is 27.6. The quantitative estimate of drug-likeness (QED) is 0.358. The minimum Gasteiger partial charge on any atom is -0.497 e. The Morgan fingerprint density at radius 1 is 0.848 bits per heavy atom. The molecule has 0 bridgehead atoms. The highest BCUT2D eigenvalue weighted by atomic mass is 16.5. The van der Waals surface area contributed by atoms with Gasteiger partial charge in [-0.3, -0.25) is 4.90 Å². The number of ether oxygens (including phenoxy) is 1. The lowest BCUT2D eigenvalue weighted by atomic mass is 10.1. The van der Waals surface area contributed by atoms with Crippen LogP contribution in [0.2, 0.25) is 0 Å². The van der Waals surface area contributed by atoms with Crippen molar-refractivity contribution in [3.63, 3.8) is 0 Å². The van der Waals surface area contributed by atoms with Crippen LogP contribution in [0, 0.1) is 0 Å². The molecule has 0 atom stereocenters. The molecule has 5 rings (SSSR count). The summed E-state index contributed by atoms with van der Waals surface area (Å²) in [6.45, 7) is 4.30. The summed E-state index contributed by atoms with van der Waals surface area (Å²) in [5.41, 5.74) is 6.80. The second-order valence-corrected chi connectivity index (χ2v) is 8.81. The molecular weight excluding hydrogens is 406 g/mol. The first-order chi connectivity index (χ1) is 16.3. The number of nitrogens with one attached hydrogen (secondary N) is 1. The number of methoxy groups -OCH3 is 1.